The van der Waals surface area contributed by atoms with Crippen LogP contribution in [-0.4, -0.2) is 21.0 Å². The van der Waals surface area contributed by atoms with Crippen molar-refractivity contribution in [3.05, 3.63) is 23.3 Å². The van der Waals surface area contributed by atoms with Crippen LogP contribution in [-0.2, 0) is 16.8 Å². The molecule has 0 aromatic carbocycles. The van der Waals surface area contributed by atoms with Crippen molar-refractivity contribution in [2.75, 3.05) is 5.32 Å². The molecule has 0 aliphatic heterocycles. The minimum absolute atomic E-state index is 0.0117. The molecule has 0 radical (unpaired) electrons. The summed E-state index contributed by atoms with van der Waals surface area (Å²) in [5, 5.41) is 9.61. The fourth-order valence-electron chi connectivity index (χ4n) is 4.59. The van der Waals surface area contributed by atoms with Gasteiger partial charge in [-0.3, -0.25) is 4.79 Å². The summed E-state index contributed by atoms with van der Waals surface area (Å²) in [6.45, 7) is 0. The molecule has 2 aliphatic rings. The van der Waals surface area contributed by atoms with E-state index in [0.29, 0.717) is 29.7 Å². The predicted molar refractivity (Wildman–Crippen MR) is 103 cm³/mol. The molecule has 0 saturated heterocycles. The normalized spacial score (nSPS) is 21.2. The molecule has 2 fully saturated rings. The maximum absolute atomic E-state index is 12.6. The number of carbonyl (C=O) groups excluding carboxylic acids is 1. The summed E-state index contributed by atoms with van der Waals surface area (Å²) in [6, 6.07) is 0. The van der Waals surface area contributed by atoms with E-state index in [1.807, 2.05) is 5.38 Å². The van der Waals surface area contributed by atoms with Crippen molar-refractivity contribution < 1.29 is 9.32 Å². The quantitative estimate of drug-likeness (QED) is 0.779. The number of aromatic nitrogens is 3. The first-order chi connectivity index (χ1) is 13.1. The lowest BCUT2D eigenvalue weighted by Gasteiger charge is -2.35. The molecule has 0 bridgehead atoms. The molecule has 2 saturated carbocycles. The van der Waals surface area contributed by atoms with E-state index in [-0.39, 0.29) is 11.3 Å². The van der Waals surface area contributed by atoms with Crippen LogP contribution < -0.4 is 11.1 Å². The number of hydrogen-bond donors (Lipinski definition) is 2. The first-order valence-electron chi connectivity index (χ1n) is 9.88. The lowest BCUT2D eigenvalue weighted by molar-refractivity contribution is -0.119. The van der Waals surface area contributed by atoms with Gasteiger partial charge in [0.1, 0.15) is 0 Å². The molecule has 2 aromatic rings. The Morgan fingerprint density at radius 3 is 2.63 bits per heavy atom. The summed E-state index contributed by atoms with van der Waals surface area (Å²) in [5.41, 5.74) is 5.90. The van der Waals surface area contributed by atoms with E-state index >= 15 is 0 Å². The number of nitrogens with zero attached hydrogens (tertiary/aromatic N) is 3. The van der Waals surface area contributed by atoms with Gasteiger partial charge in [0.2, 0.25) is 11.8 Å². The Bertz CT molecular complexity index is 761. The summed E-state index contributed by atoms with van der Waals surface area (Å²) < 4.78 is 5.57. The molecule has 0 spiro atoms. The first-order valence-corrected chi connectivity index (χ1v) is 10.8. The van der Waals surface area contributed by atoms with Crippen LogP contribution in [0, 0.1) is 5.41 Å². The molecule has 27 heavy (non-hydrogen) atoms. The van der Waals surface area contributed by atoms with Crippen LogP contribution in [0.15, 0.2) is 16.1 Å². The number of amides is 1. The highest BCUT2D eigenvalue weighted by atomic mass is 32.1. The summed E-state index contributed by atoms with van der Waals surface area (Å²) in [7, 11) is 0. The highest BCUT2D eigenvalue weighted by molar-refractivity contribution is 7.13. The number of thiazole rings is 1. The summed E-state index contributed by atoms with van der Waals surface area (Å²) in [6.07, 6.45) is 12.3. The van der Waals surface area contributed by atoms with Crippen molar-refractivity contribution >= 4 is 22.4 Å². The Balaban J connectivity index is 1.47. The van der Waals surface area contributed by atoms with Crippen LogP contribution in [0.2, 0.25) is 0 Å². The van der Waals surface area contributed by atoms with Crippen LogP contribution in [0.4, 0.5) is 5.13 Å². The topological polar surface area (TPSA) is 107 Å². The van der Waals surface area contributed by atoms with Crippen molar-refractivity contribution in [3.63, 3.8) is 0 Å². The molecular weight excluding hydrogens is 362 g/mol. The van der Waals surface area contributed by atoms with Crippen molar-refractivity contribution in [2.24, 2.45) is 11.1 Å². The number of nitrogens with one attached hydrogen (secondary N) is 1. The smallest absolute Gasteiger partial charge is 0.227 e. The van der Waals surface area contributed by atoms with Crippen molar-refractivity contribution in [1.29, 1.82) is 0 Å². The highest BCUT2D eigenvalue weighted by Gasteiger charge is 2.39. The van der Waals surface area contributed by atoms with Crippen LogP contribution in [0.3, 0.4) is 0 Å². The van der Waals surface area contributed by atoms with E-state index in [1.54, 1.807) is 6.20 Å². The Labute approximate surface area is 163 Å². The molecule has 2 aromatic heterocycles. The van der Waals surface area contributed by atoms with Crippen LogP contribution in [0.25, 0.3) is 0 Å². The maximum Gasteiger partial charge on any atom is 0.227 e. The molecule has 4 rings (SSSR count). The highest BCUT2D eigenvalue weighted by Crippen LogP contribution is 2.43. The fourth-order valence-corrected chi connectivity index (χ4v) is 5.13. The second-order valence-electron chi connectivity index (χ2n) is 8.17. The Morgan fingerprint density at radius 2 is 1.93 bits per heavy atom. The van der Waals surface area contributed by atoms with E-state index in [9.17, 15) is 4.79 Å². The SMILES string of the molecule is NC1(c2noc(CC3(CC(=O)Nc4nccs4)CCCCC3)n2)CCCC1. The Hall–Kier alpha value is -1.80. The summed E-state index contributed by atoms with van der Waals surface area (Å²) in [4.78, 5) is 21.4. The third-order valence-electron chi connectivity index (χ3n) is 6.06. The molecule has 2 heterocycles. The molecule has 3 N–H and O–H groups in total. The molecule has 8 heteroatoms. The average Bonchev–Trinajstić information content (AvgIpc) is 3.38. The lowest BCUT2D eigenvalue weighted by atomic mass is 9.69. The molecular formula is C19H27N5O2S. The molecule has 1 amide bonds. The van der Waals surface area contributed by atoms with Gasteiger partial charge in [-0.25, -0.2) is 4.98 Å². The Morgan fingerprint density at radius 1 is 1.19 bits per heavy atom. The van der Waals surface area contributed by atoms with E-state index in [2.05, 4.69) is 20.4 Å². The van der Waals surface area contributed by atoms with Crippen LogP contribution >= 0.6 is 11.3 Å². The van der Waals surface area contributed by atoms with E-state index in [0.717, 1.165) is 51.4 Å². The van der Waals surface area contributed by atoms with E-state index in [4.69, 9.17) is 10.3 Å². The van der Waals surface area contributed by atoms with Gasteiger partial charge in [0.25, 0.3) is 0 Å². The zero-order valence-corrected chi connectivity index (χ0v) is 16.4. The van der Waals surface area contributed by atoms with Gasteiger partial charge in [-0.15, -0.1) is 11.3 Å². The number of rotatable bonds is 6. The first kappa shape index (κ1) is 18.6. The van der Waals surface area contributed by atoms with Gasteiger partial charge >= 0.3 is 0 Å². The van der Waals surface area contributed by atoms with Crippen molar-refractivity contribution in [1.82, 2.24) is 15.1 Å². The molecule has 0 unspecified atom stereocenters. The molecule has 2 aliphatic carbocycles. The van der Waals surface area contributed by atoms with Crippen molar-refractivity contribution in [2.45, 2.75) is 76.2 Å². The number of nitrogens with two attached hydrogens (primary N) is 1. The summed E-state index contributed by atoms with van der Waals surface area (Å²) in [5.74, 6) is 1.26. The lowest BCUT2D eigenvalue weighted by Crippen LogP contribution is -2.34. The van der Waals surface area contributed by atoms with Crippen molar-refractivity contribution in [3.8, 4) is 0 Å². The Kier molecular flexibility index (Phi) is 5.27. The predicted octanol–water partition coefficient (Wildman–Crippen LogP) is 3.78. The zero-order valence-electron chi connectivity index (χ0n) is 15.6. The average molecular weight is 390 g/mol. The van der Waals surface area contributed by atoms with Gasteiger partial charge in [0.15, 0.2) is 11.0 Å². The summed E-state index contributed by atoms with van der Waals surface area (Å²) >= 11 is 1.44. The largest absolute Gasteiger partial charge is 0.339 e. The molecule has 146 valence electrons. The van der Waals surface area contributed by atoms with E-state index in [1.165, 1.54) is 17.8 Å². The standard InChI is InChI=1S/C19H27N5O2S/c20-19(8-4-5-9-19)16-23-15(26-24-16)13-18(6-2-1-3-7-18)12-14(25)22-17-21-10-11-27-17/h10-11H,1-9,12-13,20H2,(H,21,22,25). The number of anilines is 1. The van der Waals surface area contributed by atoms with Crippen LogP contribution in [0.1, 0.15) is 75.9 Å². The second kappa shape index (κ2) is 7.67. The van der Waals surface area contributed by atoms with Gasteiger partial charge in [-0.05, 0) is 31.1 Å². The van der Waals surface area contributed by atoms with Crippen LogP contribution in [0.5, 0.6) is 0 Å². The maximum atomic E-state index is 12.6. The monoisotopic (exact) mass is 389 g/mol. The minimum Gasteiger partial charge on any atom is -0.339 e. The van der Waals surface area contributed by atoms with Gasteiger partial charge in [-0.1, -0.05) is 37.3 Å². The second-order valence-corrected chi connectivity index (χ2v) is 9.07. The molecule has 7 nitrogen and oxygen atoms in total. The molecule has 0 atom stereocenters. The van der Waals surface area contributed by atoms with Gasteiger partial charge < -0.3 is 15.6 Å². The van der Waals surface area contributed by atoms with Gasteiger partial charge in [-0.2, -0.15) is 4.98 Å². The fraction of sp³-hybridized carbons (Fsp3) is 0.684. The number of hydrogen-bond acceptors (Lipinski definition) is 7. The van der Waals surface area contributed by atoms with Gasteiger partial charge in [0.05, 0.1) is 5.54 Å². The third-order valence-corrected chi connectivity index (χ3v) is 6.75. The number of carbonyl (C=O) groups is 1. The third kappa shape index (κ3) is 4.21. The van der Waals surface area contributed by atoms with E-state index < -0.39 is 5.54 Å². The zero-order chi connectivity index (χ0) is 18.7. The minimum atomic E-state index is -0.441. The van der Waals surface area contributed by atoms with Gasteiger partial charge in [0, 0.05) is 24.4 Å².